The van der Waals surface area contributed by atoms with Crippen LogP contribution in [0.3, 0.4) is 0 Å². The molecule has 7 nitrogen and oxygen atoms in total. The minimum absolute atomic E-state index is 0.111. The highest BCUT2D eigenvalue weighted by molar-refractivity contribution is 5.92. The third-order valence-corrected chi connectivity index (χ3v) is 3.13. The fraction of sp³-hybridized carbons (Fsp3) is 0.214. The molecule has 0 bridgehead atoms. The van der Waals surface area contributed by atoms with E-state index >= 15 is 0 Å². The summed E-state index contributed by atoms with van der Waals surface area (Å²) in [6.07, 6.45) is 1.47. The Morgan fingerprint density at radius 2 is 2.10 bits per heavy atom. The molecule has 21 heavy (non-hydrogen) atoms. The molecule has 0 atom stereocenters. The molecule has 0 aliphatic carbocycles. The molecular weight excluding hydrogens is 272 g/mol. The van der Waals surface area contributed by atoms with Gasteiger partial charge in [-0.2, -0.15) is 0 Å². The lowest BCUT2D eigenvalue weighted by Gasteiger charge is -2.10. The van der Waals surface area contributed by atoms with E-state index in [1.54, 1.807) is 18.2 Å². The SMILES string of the molecule is Cc1c(N)cccc1NC(=O)CCn1ccc(=O)[nH]c1=O. The standard InChI is InChI=1S/C14H16N4O3/c1-9-10(15)3-2-4-11(9)16-12(19)5-7-18-8-6-13(20)17-14(18)21/h2-4,6,8H,5,7,15H2,1H3,(H,16,19)(H,17,20,21). The second-order valence-electron chi connectivity index (χ2n) is 4.62. The number of nitrogens with two attached hydrogens (primary N) is 1. The Morgan fingerprint density at radius 1 is 1.33 bits per heavy atom. The van der Waals surface area contributed by atoms with Crippen LogP contribution in [0.15, 0.2) is 40.1 Å². The van der Waals surface area contributed by atoms with Crippen LogP contribution in [-0.4, -0.2) is 15.5 Å². The molecule has 1 aromatic carbocycles. The summed E-state index contributed by atoms with van der Waals surface area (Å²) in [7, 11) is 0. The molecule has 0 aliphatic rings. The number of benzene rings is 1. The summed E-state index contributed by atoms with van der Waals surface area (Å²) in [5, 5.41) is 2.75. The van der Waals surface area contributed by atoms with Crippen LogP contribution in [0.25, 0.3) is 0 Å². The van der Waals surface area contributed by atoms with Crippen LogP contribution in [0.1, 0.15) is 12.0 Å². The van der Waals surface area contributed by atoms with E-state index in [0.717, 1.165) is 5.56 Å². The molecule has 110 valence electrons. The van der Waals surface area contributed by atoms with Gasteiger partial charge in [0.25, 0.3) is 5.56 Å². The number of nitrogens with one attached hydrogen (secondary N) is 2. The first kappa shape index (κ1) is 14.6. The van der Waals surface area contributed by atoms with Gasteiger partial charge in [0.2, 0.25) is 5.91 Å². The van der Waals surface area contributed by atoms with E-state index in [9.17, 15) is 14.4 Å². The third-order valence-electron chi connectivity index (χ3n) is 3.13. The van der Waals surface area contributed by atoms with Crippen molar-refractivity contribution in [2.45, 2.75) is 19.9 Å². The molecule has 0 spiro atoms. The molecule has 2 rings (SSSR count). The first-order chi connectivity index (χ1) is 9.97. The predicted molar refractivity (Wildman–Crippen MR) is 80.2 cm³/mol. The highest BCUT2D eigenvalue weighted by atomic mass is 16.2. The Balaban J connectivity index is 2.01. The minimum Gasteiger partial charge on any atom is -0.398 e. The summed E-state index contributed by atoms with van der Waals surface area (Å²) in [5.41, 5.74) is 6.82. The Labute approximate surface area is 120 Å². The fourth-order valence-electron chi connectivity index (χ4n) is 1.84. The van der Waals surface area contributed by atoms with Gasteiger partial charge in [0.15, 0.2) is 0 Å². The lowest BCUT2D eigenvalue weighted by atomic mass is 10.1. The van der Waals surface area contributed by atoms with Gasteiger partial charge >= 0.3 is 5.69 Å². The van der Waals surface area contributed by atoms with Gasteiger partial charge in [-0.05, 0) is 24.6 Å². The Kier molecular flexibility index (Phi) is 4.22. The molecule has 0 saturated carbocycles. The van der Waals surface area contributed by atoms with Crippen molar-refractivity contribution in [2.24, 2.45) is 0 Å². The number of H-pyrrole nitrogens is 1. The van der Waals surface area contributed by atoms with Gasteiger partial charge in [-0.15, -0.1) is 0 Å². The van der Waals surface area contributed by atoms with E-state index in [0.29, 0.717) is 11.4 Å². The maximum Gasteiger partial charge on any atom is 0.328 e. The molecule has 0 saturated heterocycles. The molecule has 0 fully saturated rings. The maximum absolute atomic E-state index is 11.9. The van der Waals surface area contributed by atoms with E-state index in [-0.39, 0.29) is 18.9 Å². The molecule has 0 radical (unpaired) electrons. The minimum atomic E-state index is -0.532. The van der Waals surface area contributed by atoms with E-state index in [2.05, 4.69) is 10.3 Å². The molecule has 0 aliphatic heterocycles. The first-order valence-electron chi connectivity index (χ1n) is 6.42. The second kappa shape index (κ2) is 6.08. The second-order valence-corrected chi connectivity index (χ2v) is 4.62. The molecule has 4 N–H and O–H groups in total. The number of nitrogens with zero attached hydrogens (tertiary/aromatic N) is 1. The van der Waals surface area contributed by atoms with Crippen molar-refractivity contribution in [3.63, 3.8) is 0 Å². The number of hydrogen-bond acceptors (Lipinski definition) is 4. The fourth-order valence-corrected chi connectivity index (χ4v) is 1.84. The average Bonchev–Trinajstić information content (AvgIpc) is 2.43. The lowest BCUT2D eigenvalue weighted by molar-refractivity contribution is -0.116. The topological polar surface area (TPSA) is 110 Å². The van der Waals surface area contributed by atoms with Gasteiger partial charge in [0.1, 0.15) is 0 Å². The highest BCUT2D eigenvalue weighted by Gasteiger charge is 2.07. The van der Waals surface area contributed by atoms with Crippen molar-refractivity contribution in [1.29, 1.82) is 0 Å². The number of hydrogen-bond donors (Lipinski definition) is 3. The number of aryl methyl sites for hydroxylation is 1. The summed E-state index contributed by atoms with van der Waals surface area (Å²) in [5.74, 6) is -0.234. The number of anilines is 2. The van der Waals surface area contributed by atoms with Crippen LogP contribution in [0, 0.1) is 6.92 Å². The molecule has 0 unspecified atom stereocenters. The van der Waals surface area contributed by atoms with E-state index in [4.69, 9.17) is 5.73 Å². The lowest BCUT2D eigenvalue weighted by Crippen LogP contribution is -2.29. The number of amides is 1. The van der Waals surface area contributed by atoms with Crippen LogP contribution in [0.5, 0.6) is 0 Å². The smallest absolute Gasteiger partial charge is 0.328 e. The van der Waals surface area contributed by atoms with Crippen LogP contribution in [0.2, 0.25) is 0 Å². The van der Waals surface area contributed by atoms with Crippen LogP contribution >= 0.6 is 0 Å². The quantitative estimate of drug-likeness (QED) is 0.710. The van der Waals surface area contributed by atoms with E-state index in [1.807, 2.05) is 6.92 Å². The number of nitrogen functional groups attached to an aromatic ring is 1. The molecule has 1 amide bonds. The summed E-state index contributed by atoms with van der Waals surface area (Å²) in [6, 6.07) is 6.51. The molecule has 1 aromatic heterocycles. The third kappa shape index (κ3) is 3.59. The summed E-state index contributed by atoms with van der Waals surface area (Å²) >= 11 is 0. The Morgan fingerprint density at radius 3 is 2.81 bits per heavy atom. The number of rotatable bonds is 4. The average molecular weight is 288 g/mol. The zero-order chi connectivity index (χ0) is 15.4. The zero-order valence-electron chi connectivity index (χ0n) is 11.6. The molecular formula is C14H16N4O3. The van der Waals surface area contributed by atoms with Gasteiger partial charge in [-0.25, -0.2) is 4.79 Å². The van der Waals surface area contributed by atoms with E-state index in [1.165, 1.54) is 16.8 Å². The normalized spacial score (nSPS) is 10.3. The largest absolute Gasteiger partial charge is 0.398 e. The van der Waals surface area contributed by atoms with Crippen molar-refractivity contribution >= 4 is 17.3 Å². The van der Waals surface area contributed by atoms with Gasteiger partial charge in [0, 0.05) is 36.6 Å². The number of carbonyl (C=O) groups is 1. The van der Waals surface area contributed by atoms with Crippen molar-refractivity contribution in [3.05, 3.63) is 56.9 Å². The van der Waals surface area contributed by atoms with Crippen molar-refractivity contribution in [3.8, 4) is 0 Å². The molecule has 7 heteroatoms. The monoisotopic (exact) mass is 288 g/mol. The molecule has 2 aromatic rings. The van der Waals surface area contributed by atoms with Crippen LogP contribution in [-0.2, 0) is 11.3 Å². The van der Waals surface area contributed by atoms with Gasteiger partial charge < -0.3 is 15.6 Å². The Hall–Kier alpha value is -2.83. The van der Waals surface area contributed by atoms with Gasteiger partial charge in [0.05, 0.1) is 0 Å². The first-order valence-corrected chi connectivity index (χ1v) is 6.42. The number of aromatic nitrogens is 2. The summed E-state index contributed by atoms with van der Waals surface area (Å²) < 4.78 is 1.27. The van der Waals surface area contributed by atoms with Gasteiger partial charge in [-0.1, -0.05) is 6.07 Å². The predicted octanol–water partition coefficient (Wildman–Crippen LogP) is 0.456. The van der Waals surface area contributed by atoms with Crippen molar-refractivity contribution in [1.82, 2.24) is 9.55 Å². The summed E-state index contributed by atoms with van der Waals surface area (Å²) in [6.45, 7) is 2.00. The van der Waals surface area contributed by atoms with Gasteiger partial charge in [-0.3, -0.25) is 14.6 Å². The Bertz CT molecular complexity index is 776. The molecule has 1 heterocycles. The van der Waals surface area contributed by atoms with Crippen molar-refractivity contribution < 1.29 is 4.79 Å². The zero-order valence-corrected chi connectivity index (χ0v) is 11.6. The van der Waals surface area contributed by atoms with Crippen LogP contribution < -0.4 is 22.3 Å². The van der Waals surface area contributed by atoms with E-state index < -0.39 is 11.2 Å². The highest BCUT2D eigenvalue weighted by Crippen LogP contribution is 2.20. The van der Waals surface area contributed by atoms with Crippen molar-refractivity contribution in [2.75, 3.05) is 11.1 Å². The van der Waals surface area contributed by atoms with Crippen LogP contribution in [0.4, 0.5) is 11.4 Å². The number of aromatic amines is 1. The maximum atomic E-state index is 11.9. The number of carbonyl (C=O) groups excluding carboxylic acids is 1. The summed E-state index contributed by atoms with van der Waals surface area (Å²) in [4.78, 5) is 36.4.